The third kappa shape index (κ3) is 5.39. The van der Waals surface area contributed by atoms with Crippen LogP contribution in [0.5, 0.6) is 0 Å². The lowest BCUT2D eigenvalue weighted by molar-refractivity contribution is 0.0608. The Bertz CT molecular complexity index is 553. The predicted octanol–water partition coefficient (Wildman–Crippen LogP) is 4.80. The fourth-order valence-electron chi connectivity index (χ4n) is 2.70. The molecule has 0 atom stereocenters. The lowest BCUT2D eigenvalue weighted by Gasteiger charge is -2.23. The number of ether oxygens (including phenoxy) is 1. The van der Waals surface area contributed by atoms with Crippen LogP contribution in [-0.4, -0.2) is 31.1 Å². The average Bonchev–Trinajstić information content (AvgIpc) is 2.60. The van der Waals surface area contributed by atoms with Crippen LogP contribution < -0.4 is 0 Å². The van der Waals surface area contributed by atoms with E-state index in [-0.39, 0.29) is 17.7 Å². The third-order valence-corrected chi connectivity index (χ3v) is 4.02. The Morgan fingerprint density at radius 2 is 1.33 bits per heavy atom. The number of rotatable bonds is 9. The molecule has 0 aliphatic heterocycles. The molecule has 24 heavy (non-hydrogen) atoms. The van der Waals surface area contributed by atoms with Crippen LogP contribution in [0.25, 0.3) is 0 Å². The summed E-state index contributed by atoms with van der Waals surface area (Å²) in [5, 5.41) is 0. The summed E-state index contributed by atoms with van der Waals surface area (Å²) < 4.78 is 32.5. The van der Waals surface area contributed by atoms with E-state index < -0.39 is 0 Å². The second kappa shape index (κ2) is 9.50. The van der Waals surface area contributed by atoms with Crippen LogP contribution in [-0.2, 0) is 4.74 Å². The van der Waals surface area contributed by atoms with E-state index in [1.54, 1.807) is 24.3 Å². The fraction of sp³-hybridized carbons (Fsp3) is 0.400. The molecule has 2 rings (SSSR count). The van der Waals surface area contributed by atoms with Crippen molar-refractivity contribution in [2.24, 2.45) is 0 Å². The van der Waals surface area contributed by atoms with Crippen LogP contribution in [0, 0.1) is 11.6 Å². The molecule has 0 aliphatic rings. The van der Waals surface area contributed by atoms with Gasteiger partial charge < -0.3 is 9.64 Å². The quantitative estimate of drug-likeness (QED) is 0.653. The van der Waals surface area contributed by atoms with Gasteiger partial charge in [-0.1, -0.05) is 38.1 Å². The Labute approximate surface area is 143 Å². The van der Waals surface area contributed by atoms with E-state index >= 15 is 0 Å². The van der Waals surface area contributed by atoms with E-state index in [4.69, 9.17) is 4.74 Å². The minimum absolute atomic E-state index is 0.281. The molecule has 0 saturated heterocycles. The van der Waals surface area contributed by atoms with Gasteiger partial charge in [0.05, 0.1) is 6.61 Å². The summed E-state index contributed by atoms with van der Waals surface area (Å²) in [7, 11) is 0. The smallest absolute Gasteiger partial charge is 0.123 e. The summed E-state index contributed by atoms with van der Waals surface area (Å²) in [6, 6.07) is 12.5. The minimum atomic E-state index is -0.327. The first-order valence-corrected chi connectivity index (χ1v) is 8.49. The van der Waals surface area contributed by atoms with Crippen LogP contribution in [0.3, 0.4) is 0 Å². The molecule has 2 aromatic carbocycles. The van der Waals surface area contributed by atoms with E-state index in [1.165, 1.54) is 24.3 Å². The SMILES string of the molecule is CCCN(CC)CCOC(c1ccc(F)cc1)c1ccc(F)cc1. The molecular weight excluding hydrogens is 308 g/mol. The van der Waals surface area contributed by atoms with Crippen molar-refractivity contribution < 1.29 is 13.5 Å². The zero-order valence-corrected chi connectivity index (χ0v) is 14.3. The van der Waals surface area contributed by atoms with Gasteiger partial charge in [0.25, 0.3) is 0 Å². The maximum atomic E-state index is 13.2. The number of benzene rings is 2. The molecule has 2 nitrogen and oxygen atoms in total. The Morgan fingerprint density at radius 3 is 1.75 bits per heavy atom. The van der Waals surface area contributed by atoms with Gasteiger partial charge in [0.15, 0.2) is 0 Å². The van der Waals surface area contributed by atoms with Crippen LogP contribution in [0.15, 0.2) is 48.5 Å². The molecule has 0 aromatic heterocycles. The van der Waals surface area contributed by atoms with Crippen LogP contribution in [0.4, 0.5) is 8.78 Å². The monoisotopic (exact) mass is 333 g/mol. The van der Waals surface area contributed by atoms with E-state index in [2.05, 4.69) is 18.7 Å². The third-order valence-electron chi connectivity index (χ3n) is 4.02. The summed E-state index contributed by atoms with van der Waals surface area (Å²) in [5.41, 5.74) is 1.73. The molecule has 0 saturated carbocycles. The van der Waals surface area contributed by atoms with E-state index in [1.807, 2.05) is 0 Å². The van der Waals surface area contributed by atoms with E-state index in [0.29, 0.717) is 6.61 Å². The zero-order chi connectivity index (χ0) is 17.4. The van der Waals surface area contributed by atoms with Gasteiger partial charge in [0.1, 0.15) is 17.7 Å². The molecule has 2 aromatic rings. The average molecular weight is 333 g/mol. The normalized spacial score (nSPS) is 11.4. The van der Waals surface area contributed by atoms with Crippen molar-refractivity contribution in [3.8, 4) is 0 Å². The largest absolute Gasteiger partial charge is 0.367 e. The molecule has 0 amide bonds. The Balaban J connectivity index is 2.11. The molecule has 0 unspecified atom stereocenters. The fourth-order valence-corrected chi connectivity index (χ4v) is 2.70. The van der Waals surface area contributed by atoms with Crippen molar-refractivity contribution in [2.45, 2.75) is 26.4 Å². The highest BCUT2D eigenvalue weighted by Gasteiger charge is 2.15. The predicted molar refractivity (Wildman–Crippen MR) is 93.0 cm³/mol. The summed E-state index contributed by atoms with van der Waals surface area (Å²) in [4.78, 5) is 2.33. The lowest BCUT2D eigenvalue weighted by Crippen LogP contribution is -2.28. The number of hydrogen-bond donors (Lipinski definition) is 0. The second-order valence-corrected chi connectivity index (χ2v) is 5.79. The van der Waals surface area contributed by atoms with Crippen LogP contribution in [0.1, 0.15) is 37.5 Å². The Hall–Kier alpha value is -1.78. The maximum absolute atomic E-state index is 13.2. The molecule has 0 fully saturated rings. The summed E-state index contributed by atoms with van der Waals surface area (Å²) in [5.74, 6) is -0.562. The van der Waals surface area contributed by atoms with Gasteiger partial charge in [0.2, 0.25) is 0 Å². The highest BCUT2D eigenvalue weighted by atomic mass is 19.1. The first-order valence-electron chi connectivity index (χ1n) is 8.49. The van der Waals surface area contributed by atoms with Crippen molar-refractivity contribution in [3.05, 3.63) is 71.3 Å². The standard InChI is InChI=1S/C20H25F2NO/c1-3-13-23(4-2)14-15-24-20(16-5-9-18(21)10-6-16)17-7-11-19(22)12-8-17/h5-12,20H,3-4,13-15H2,1-2H3. The molecule has 0 N–H and O–H groups in total. The maximum Gasteiger partial charge on any atom is 0.123 e. The molecule has 4 heteroatoms. The number of likely N-dealkylation sites (N-methyl/N-ethyl adjacent to an activating group) is 1. The van der Waals surface area contributed by atoms with Crippen molar-refractivity contribution in [1.29, 1.82) is 0 Å². The molecular formula is C20H25F2NO. The Morgan fingerprint density at radius 1 is 0.833 bits per heavy atom. The summed E-state index contributed by atoms with van der Waals surface area (Å²) >= 11 is 0. The zero-order valence-electron chi connectivity index (χ0n) is 14.3. The first kappa shape index (κ1) is 18.6. The highest BCUT2D eigenvalue weighted by Crippen LogP contribution is 2.26. The minimum Gasteiger partial charge on any atom is -0.367 e. The van der Waals surface area contributed by atoms with Crippen molar-refractivity contribution in [3.63, 3.8) is 0 Å². The van der Waals surface area contributed by atoms with Crippen molar-refractivity contribution >= 4 is 0 Å². The van der Waals surface area contributed by atoms with Crippen molar-refractivity contribution in [2.75, 3.05) is 26.2 Å². The molecule has 0 radical (unpaired) electrons. The lowest BCUT2D eigenvalue weighted by atomic mass is 10.0. The van der Waals surface area contributed by atoms with E-state index in [9.17, 15) is 8.78 Å². The molecule has 0 heterocycles. The van der Waals surface area contributed by atoms with Gasteiger partial charge in [-0.05, 0) is 54.9 Å². The molecule has 130 valence electrons. The van der Waals surface area contributed by atoms with Gasteiger partial charge in [0, 0.05) is 6.54 Å². The van der Waals surface area contributed by atoms with E-state index in [0.717, 1.165) is 37.2 Å². The topological polar surface area (TPSA) is 12.5 Å². The number of halogens is 2. The van der Waals surface area contributed by atoms with Gasteiger partial charge in [-0.3, -0.25) is 0 Å². The first-order chi connectivity index (χ1) is 11.6. The molecule has 0 bridgehead atoms. The van der Waals surface area contributed by atoms with Gasteiger partial charge in [-0.25, -0.2) is 8.78 Å². The highest BCUT2D eigenvalue weighted by molar-refractivity contribution is 5.30. The van der Waals surface area contributed by atoms with Crippen molar-refractivity contribution in [1.82, 2.24) is 4.90 Å². The van der Waals surface area contributed by atoms with Gasteiger partial charge in [-0.2, -0.15) is 0 Å². The van der Waals surface area contributed by atoms with Crippen LogP contribution in [0.2, 0.25) is 0 Å². The molecule has 0 spiro atoms. The number of nitrogens with zero attached hydrogens (tertiary/aromatic N) is 1. The van der Waals surface area contributed by atoms with Gasteiger partial charge >= 0.3 is 0 Å². The van der Waals surface area contributed by atoms with Gasteiger partial charge in [-0.15, -0.1) is 0 Å². The summed E-state index contributed by atoms with van der Waals surface area (Å²) in [6.07, 6.45) is 0.777. The van der Waals surface area contributed by atoms with Crippen LogP contribution >= 0.6 is 0 Å². The molecule has 0 aliphatic carbocycles. The second-order valence-electron chi connectivity index (χ2n) is 5.79. The summed E-state index contributed by atoms with van der Waals surface area (Å²) in [6.45, 7) is 7.71. The Kier molecular flexibility index (Phi) is 7.35. The number of hydrogen-bond acceptors (Lipinski definition) is 2.